The fourth-order valence-electron chi connectivity index (χ4n) is 1.79. The predicted molar refractivity (Wildman–Crippen MR) is 72.9 cm³/mol. The Bertz CT molecular complexity index is 712. The Kier molecular flexibility index (Phi) is 4.05. The third-order valence-corrected chi connectivity index (χ3v) is 4.42. The summed E-state index contributed by atoms with van der Waals surface area (Å²) >= 11 is 0. The maximum atomic E-state index is 13.3. The third-order valence-electron chi connectivity index (χ3n) is 2.90. The van der Waals surface area contributed by atoms with Crippen LogP contribution in [0.3, 0.4) is 0 Å². The molecule has 0 radical (unpaired) electrons. The standard InChI is InChI=1S/C12H15FN4O2S/c1-17-9(5-7-15-17)6-8-16-20(18,19)11-4-2-3-10(13)12(11)14/h2-5,7,16H,6,8,14H2,1H3. The normalized spacial score (nSPS) is 11.7. The minimum atomic E-state index is -3.82. The van der Waals surface area contributed by atoms with Gasteiger partial charge in [-0.1, -0.05) is 6.07 Å². The molecule has 3 N–H and O–H groups in total. The van der Waals surface area contributed by atoms with Gasteiger partial charge in [-0.3, -0.25) is 4.68 Å². The maximum Gasteiger partial charge on any atom is 0.242 e. The smallest absolute Gasteiger partial charge is 0.242 e. The lowest BCUT2D eigenvalue weighted by Crippen LogP contribution is -2.27. The van der Waals surface area contributed by atoms with Gasteiger partial charge in [0.25, 0.3) is 0 Å². The summed E-state index contributed by atoms with van der Waals surface area (Å²) in [6.45, 7) is 0.178. The number of hydrogen-bond acceptors (Lipinski definition) is 4. The van der Waals surface area contributed by atoms with Crippen LogP contribution in [0.4, 0.5) is 10.1 Å². The van der Waals surface area contributed by atoms with Crippen LogP contribution in [-0.2, 0) is 23.5 Å². The van der Waals surface area contributed by atoms with Crippen LogP contribution in [0.25, 0.3) is 0 Å². The minimum Gasteiger partial charge on any atom is -0.395 e. The zero-order valence-corrected chi connectivity index (χ0v) is 11.7. The number of halogens is 1. The monoisotopic (exact) mass is 298 g/mol. The number of aromatic nitrogens is 2. The summed E-state index contributed by atoms with van der Waals surface area (Å²) < 4.78 is 41.4. The molecule has 108 valence electrons. The number of para-hydroxylation sites is 1. The van der Waals surface area contributed by atoms with Gasteiger partial charge in [0, 0.05) is 31.9 Å². The van der Waals surface area contributed by atoms with Crippen molar-refractivity contribution in [2.45, 2.75) is 11.3 Å². The van der Waals surface area contributed by atoms with Gasteiger partial charge in [0.05, 0.1) is 5.69 Å². The summed E-state index contributed by atoms with van der Waals surface area (Å²) in [5, 5.41) is 3.99. The number of sulfonamides is 1. The molecule has 6 nitrogen and oxygen atoms in total. The van der Waals surface area contributed by atoms with Crippen molar-refractivity contribution in [3.63, 3.8) is 0 Å². The van der Waals surface area contributed by atoms with Gasteiger partial charge in [0.2, 0.25) is 10.0 Å². The molecule has 0 aliphatic heterocycles. The van der Waals surface area contributed by atoms with E-state index in [1.165, 1.54) is 12.1 Å². The van der Waals surface area contributed by atoms with Gasteiger partial charge in [-0.25, -0.2) is 17.5 Å². The van der Waals surface area contributed by atoms with Gasteiger partial charge in [0.15, 0.2) is 0 Å². The zero-order chi connectivity index (χ0) is 14.8. The predicted octanol–water partition coefficient (Wildman–Crippen LogP) is 0.662. The first-order valence-corrected chi connectivity index (χ1v) is 7.40. The fraction of sp³-hybridized carbons (Fsp3) is 0.250. The Hall–Kier alpha value is -1.93. The number of anilines is 1. The van der Waals surface area contributed by atoms with Gasteiger partial charge >= 0.3 is 0 Å². The summed E-state index contributed by atoms with van der Waals surface area (Å²) in [6, 6.07) is 5.49. The van der Waals surface area contributed by atoms with Gasteiger partial charge in [0.1, 0.15) is 10.7 Å². The fourth-order valence-corrected chi connectivity index (χ4v) is 2.96. The van der Waals surface area contributed by atoms with Crippen molar-refractivity contribution >= 4 is 15.7 Å². The van der Waals surface area contributed by atoms with Crippen LogP contribution >= 0.6 is 0 Å². The summed E-state index contributed by atoms with van der Waals surface area (Å²) in [6.07, 6.45) is 2.11. The van der Waals surface area contributed by atoms with Crippen molar-refractivity contribution in [3.05, 3.63) is 42.0 Å². The number of nitrogens with two attached hydrogens (primary N) is 1. The van der Waals surface area contributed by atoms with Gasteiger partial charge < -0.3 is 5.73 Å². The molecule has 0 saturated carbocycles. The Balaban J connectivity index is 2.08. The van der Waals surface area contributed by atoms with Crippen LogP contribution < -0.4 is 10.5 Å². The molecule has 2 aromatic rings. The summed E-state index contributed by atoms with van der Waals surface area (Å²) in [5.74, 6) is -0.750. The number of benzene rings is 1. The topological polar surface area (TPSA) is 90.0 Å². The highest BCUT2D eigenvalue weighted by Crippen LogP contribution is 2.20. The van der Waals surface area contributed by atoms with Crippen molar-refractivity contribution in [3.8, 4) is 0 Å². The van der Waals surface area contributed by atoms with Crippen molar-refractivity contribution in [2.24, 2.45) is 7.05 Å². The first kappa shape index (κ1) is 14.5. The molecular formula is C12H15FN4O2S. The lowest BCUT2D eigenvalue weighted by atomic mass is 10.3. The quantitative estimate of drug-likeness (QED) is 0.794. The van der Waals surface area contributed by atoms with Crippen LogP contribution in [0.1, 0.15) is 5.69 Å². The molecule has 1 aromatic carbocycles. The summed E-state index contributed by atoms with van der Waals surface area (Å²) in [7, 11) is -2.05. The first-order valence-electron chi connectivity index (χ1n) is 5.92. The molecule has 2 rings (SSSR count). The van der Waals surface area contributed by atoms with Crippen molar-refractivity contribution in [1.82, 2.24) is 14.5 Å². The maximum absolute atomic E-state index is 13.3. The lowest BCUT2D eigenvalue weighted by Gasteiger charge is -2.09. The van der Waals surface area contributed by atoms with E-state index in [0.29, 0.717) is 6.42 Å². The molecule has 0 aliphatic carbocycles. The van der Waals surface area contributed by atoms with E-state index in [1.54, 1.807) is 24.0 Å². The highest BCUT2D eigenvalue weighted by molar-refractivity contribution is 7.89. The molecule has 0 bridgehead atoms. The second-order valence-electron chi connectivity index (χ2n) is 4.25. The summed E-state index contributed by atoms with van der Waals surface area (Å²) in [4.78, 5) is -0.248. The van der Waals surface area contributed by atoms with E-state index in [1.807, 2.05) is 0 Å². The van der Waals surface area contributed by atoms with Crippen LogP contribution in [0.15, 0.2) is 35.4 Å². The van der Waals surface area contributed by atoms with Gasteiger partial charge in [-0.2, -0.15) is 5.10 Å². The van der Waals surface area contributed by atoms with Crippen molar-refractivity contribution in [2.75, 3.05) is 12.3 Å². The Labute approximate surface area is 116 Å². The number of nitrogens with zero attached hydrogens (tertiary/aromatic N) is 2. The van der Waals surface area contributed by atoms with Crippen LogP contribution in [0.5, 0.6) is 0 Å². The highest BCUT2D eigenvalue weighted by atomic mass is 32.2. The molecule has 20 heavy (non-hydrogen) atoms. The number of nitrogens with one attached hydrogen (secondary N) is 1. The third kappa shape index (κ3) is 2.97. The Morgan fingerprint density at radius 3 is 2.80 bits per heavy atom. The molecule has 1 aromatic heterocycles. The number of aryl methyl sites for hydroxylation is 1. The van der Waals surface area contributed by atoms with E-state index >= 15 is 0 Å². The Morgan fingerprint density at radius 1 is 1.40 bits per heavy atom. The minimum absolute atomic E-state index is 0.178. The van der Waals surface area contributed by atoms with Crippen LogP contribution in [0.2, 0.25) is 0 Å². The molecule has 0 atom stereocenters. The lowest BCUT2D eigenvalue weighted by molar-refractivity contribution is 0.577. The summed E-state index contributed by atoms with van der Waals surface area (Å²) in [5.41, 5.74) is 5.97. The molecule has 0 spiro atoms. The van der Waals surface area contributed by atoms with E-state index in [4.69, 9.17) is 5.73 Å². The van der Waals surface area contributed by atoms with E-state index < -0.39 is 15.8 Å². The van der Waals surface area contributed by atoms with Crippen molar-refractivity contribution < 1.29 is 12.8 Å². The molecule has 0 aliphatic rings. The first-order chi connectivity index (χ1) is 9.42. The molecule has 1 heterocycles. The Morgan fingerprint density at radius 2 is 2.15 bits per heavy atom. The van der Waals surface area contributed by atoms with Crippen molar-refractivity contribution in [1.29, 1.82) is 0 Å². The molecule has 8 heteroatoms. The SMILES string of the molecule is Cn1nccc1CCNS(=O)(=O)c1cccc(F)c1N. The van der Waals surface area contributed by atoms with E-state index in [-0.39, 0.29) is 17.1 Å². The van der Waals surface area contributed by atoms with Gasteiger partial charge in [-0.15, -0.1) is 0 Å². The highest BCUT2D eigenvalue weighted by Gasteiger charge is 2.18. The average molecular weight is 298 g/mol. The second kappa shape index (κ2) is 5.59. The molecule has 0 saturated heterocycles. The number of rotatable bonds is 5. The van der Waals surface area contributed by atoms with E-state index in [2.05, 4.69) is 9.82 Å². The zero-order valence-electron chi connectivity index (χ0n) is 10.9. The number of hydrogen-bond donors (Lipinski definition) is 2. The largest absolute Gasteiger partial charge is 0.395 e. The molecular weight excluding hydrogens is 283 g/mol. The van der Waals surface area contributed by atoms with Crippen LogP contribution in [-0.4, -0.2) is 24.7 Å². The van der Waals surface area contributed by atoms with Gasteiger partial charge in [-0.05, 0) is 18.2 Å². The molecule has 0 fully saturated rings. The van der Waals surface area contributed by atoms with E-state index in [9.17, 15) is 12.8 Å². The van der Waals surface area contributed by atoms with Crippen LogP contribution in [0, 0.1) is 5.82 Å². The molecule has 0 amide bonds. The second-order valence-corrected chi connectivity index (χ2v) is 5.98. The average Bonchev–Trinajstić information content (AvgIpc) is 2.78. The van der Waals surface area contributed by atoms with E-state index in [0.717, 1.165) is 11.8 Å². The number of nitrogen functional groups attached to an aromatic ring is 1. The molecule has 0 unspecified atom stereocenters.